The van der Waals surface area contributed by atoms with Crippen molar-refractivity contribution < 1.29 is 9.90 Å². The highest BCUT2D eigenvalue weighted by Gasteiger charge is 2.04. The van der Waals surface area contributed by atoms with Gasteiger partial charge in [0.1, 0.15) is 0 Å². The Morgan fingerprint density at radius 2 is 0.148 bits per heavy atom. The molecule has 2 heteroatoms. The van der Waals surface area contributed by atoms with Crippen LogP contribution >= 0.6 is 0 Å². The van der Waals surface area contributed by atoms with Crippen molar-refractivity contribution in [2.24, 2.45) is 0 Å². The van der Waals surface area contributed by atoms with Gasteiger partial charge in [0.05, 0.1) is 0 Å². The maximum Gasteiger partial charge on any atom is 0.303 e. The number of aliphatic carboxylic acids is 1. The molecule has 740 valence electrons. The summed E-state index contributed by atoms with van der Waals surface area (Å²) in [5.41, 5.74) is 0. The lowest BCUT2D eigenvalue weighted by Crippen LogP contribution is -1.93. The largest absolute Gasteiger partial charge is 0.481 e. The Balaban J connectivity index is -0.000000468. The minimum absolute atomic E-state index is 0.346. The number of carbonyl (C=O) groups is 1. The normalized spacial score (nSPS) is 11.2. The molecule has 0 fully saturated rings. The van der Waals surface area contributed by atoms with Crippen molar-refractivity contribution >= 4 is 5.97 Å². The van der Waals surface area contributed by atoms with E-state index in [-0.39, 0.29) is 0 Å². The van der Waals surface area contributed by atoms with Gasteiger partial charge in [-0.05, 0) is 6.42 Å². The lowest BCUT2D eigenvalue weighted by Gasteiger charge is -2.04. The summed E-state index contributed by atoms with van der Waals surface area (Å²) in [7, 11) is 0. The number of hydrogen-bond acceptors (Lipinski definition) is 1. The maximum absolute atomic E-state index is 10.4. The van der Waals surface area contributed by atoms with E-state index in [1.807, 2.05) is 0 Å². The third kappa shape index (κ3) is 148. The lowest BCUT2D eigenvalue weighted by atomic mass is 10.0. The second kappa shape index (κ2) is 136. The van der Waals surface area contributed by atoms with Crippen molar-refractivity contribution in [1.82, 2.24) is 0 Å². The quantitative estimate of drug-likeness (QED) is 0.0616. The van der Waals surface area contributed by atoms with Gasteiger partial charge in [0, 0.05) is 6.42 Å². The van der Waals surface area contributed by atoms with Gasteiger partial charge in [0.25, 0.3) is 0 Å². The second-order valence-electron chi connectivity index (χ2n) is 40.5. The smallest absolute Gasteiger partial charge is 0.303 e. The first kappa shape index (κ1) is 130. The van der Waals surface area contributed by atoms with Crippen LogP contribution in [0.25, 0.3) is 0 Å². The van der Waals surface area contributed by atoms with Crippen LogP contribution in [0.3, 0.4) is 0 Å². The predicted octanol–water partition coefficient (Wildman–Crippen LogP) is 47.1. The van der Waals surface area contributed by atoms with Crippen LogP contribution in [0.2, 0.25) is 0 Å². The molecule has 0 atom stereocenters. The molecule has 0 radical (unpaired) electrons. The molecule has 1 N–H and O–H groups in total. The molecule has 0 aliphatic rings. The Labute approximate surface area is 779 Å². The summed E-state index contributed by atoms with van der Waals surface area (Å²) in [6, 6.07) is 0. The van der Waals surface area contributed by atoms with Crippen molar-refractivity contribution in [3.05, 3.63) is 0 Å². The molecular weight excluding hydrogens is 1470 g/mol. The summed E-state index contributed by atoms with van der Waals surface area (Å²) in [5, 5.41) is 8.57. The first-order valence-corrected chi connectivity index (χ1v) is 59.6. The summed E-state index contributed by atoms with van der Waals surface area (Å²) in [4.78, 5) is 10.4. The summed E-state index contributed by atoms with van der Waals surface area (Å²) in [6.07, 6.45) is 159. The zero-order chi connectivity index (χ0) is 89.4. The Morgan fingerprint density at radius 3 is 0.197 bits per heavy atom. The fourth-order valence-corrected chi connectivity index (χ4v) is 18.4. The van der Waals surface area contributed by atoms with Gasteiger partial charge in [0.2, 0.25) is 0 Å². The van der Waals surface area contributed by atoms with E-state index in [1.165, 1.54) is 687 Å². The minimum Gasteiger partial charge on any atom is -0.481 e. The molecule has 0 saturated heterocycles. The number of carboxylic acid groups (broad SMARTS) is 1. The molecule has 0 unspecified atom stereocenters. The average Bonchev–Trinajstić information content (AvgIpc) is 1.37. The molecule has 0 aromatic carbocycles. The van der Waals surface area contributed by atoms with Gasteiger partial charge >= 0.3 is 5.97 Å². The van der Waals surface area contributed by atoms with Gasteiger partial charge in [-0.2, -0.15) is 0 Å². The van der Waals surface area contributed by atoms with E-state index in [2.05, 4.69) is 62.3 Å². The van der Waals surface area contributed by atoms with E-state index >= 15 is 0 Å². The third-order valence-electron chi connectivity index (χ3n) is 27.3. The highest BCUT2D eigenvalue weighted by Crippen LogP contribution is 2.23. The van der Waals surface area contributed by atoms with Gasteiger partial charge in [-0.3, -0.25) is 4.79 Å². The Kier molecular flexibility index (Phi) is 145. The van der Waals surface area contributed by atoms with E-state index in [1.54, 1.807) is 0 Å². The van der Waals surface area contributed by atoms with Gasteiger partial charge in [-0.25, -0.2) is 0 Å². The van der Waals surface area contributed by atoms with Crippen LogP contribution in [0.4, 0.5) is 0 Å². The fraction of sp³-hybridized carbons (Fsp3) is 0.992. The summed E-state index contributed by atoms with van der Waals surface area (Å²) >= 11 is 0. The van der Waals surface area contributed by atoms with Gasteiger partial charge in [-0.1, -0.05) is 756 Å². The summed E-state index contributed by atoms with van der Waals surface area (Å²) in [5.74, 6) is -0.650. The standard InChI is InChI=1S/C24H48O2.4C24H50/c1-2-3-4-5-6-7-8-9-10-11-12-13-14-15-16-17-18-19-20-21-22-23-24(25)26;4*1-3-5-7-9-11-13-15-17-19-21-23-24-22-20-18-16-14-12-10-8-6-4-2/h2-23H2,1H3,(H,25,26);4*3-24H2,1-2H3. The summed E-state index contributed by atoms with van der Waals surface area (Å²) < 4.78 is 0. The molecule has 122 heavy (non-hydrogen) atoms. The number of unbranched alkanes of at least 4 members (excludes halogenated alkanes) is 104. The molecule has 0 rings (SSSR count). The van der Waals surface area contributed by atoms with Crippen LogP contribution in [0.5, 0.6) is 0 Å². The zero-order valence-corrected chi connectivity index (χ0v) is 88.1. The average molecular weight is 1720 g/mol. The van der Waals surface area contributed by atoms with Crippen LogP contribution in [0.1, 0.15) is 769 Å². The van der Waals surface area contributed by atoms with Crippen molar-refractivity contribution in [2.45, 2.75) is 769 Å². The van der Waals surface area contributed by atoms with Crippen LogP contribution in [0, 0.1) is 0 Å². The van der Waals surface area contributed by atoms with Crippen molar-refractivity contribution in [3.8, 4) is 0 Å². The highest BCUT2D eigenvalue weighted by atomic mass is 16.4. The van der Waals surface area contributed by atoms with Crippen molar-refractivity contribution in [3.63, 3.8) is 0 Å². The summed E-state index contributed by atoms with van der Waals surface area (Å²) in [6.45, 7) is 20.7. The minimum atomic E-state index is -0.650. The van der Waals surface area contributed by atoms with E-state index in [9.17, 15) is 4.79 Å². The number of carboxylic acids is 1. The van der Waals surface area contributed by atoms with Gasteiger partial charge in [-0.15, -0.1) is 0 Å². The molecule has 0 aromatic heterocycles. The first-order valence-electron chi connectivity index (χ1n) is 59.6. The number of hydrogen-bond donors (Lipinski definition) is 1. The third-order valence-corrected chi connectivity index (χ3v) is 27.3. The topological polar surface area (TPSA) is 37.3 Å². The van der Waals surface area contributed by atoms with Gasteiger partial charge in [0.15, 0.2) is 0 Å². The van der Waals surface area contributed by atoms with Crippen molar-refractivity contribution in [1.29, 1.82) is 0 Å². The second-order valence-corrected chi connectivity index (χ2v) is 40.5. The first-order chi connectivity index (χ1) is 60.4. The molecule has 0 bridgehead atoms. The Bertz CT molecular complexity index is 1340. The zero-order valence-electron chi connectivity index (χ0n) is 88.1. The predicted molar refractivity (Wildman–Crippen MR) is 567 cm³/mol. The monoisotopic (exact) mass is 1720 g/mol. The molecular formula is C120H248O2. The molecule has 0 spiro atoms. The lowest BCUT2D eigenvalue weighted by molar-refractivity contribution is -0.137. The molecule has 0 heterocycles. The van der Waals surface area contributed by atoms with Crippen LogP contribution in [-0.4, -0.2) is 11.1 Å². The van der Waals surface area contributed by atoms with Crippen LogP contribution in [-0.2, 0) is 4.79 Å². The number of rotatable bonds is 106. The SMILES string of the molecule is CCCCCCCCCCCCCCCCCCCCCCCC.CCCCCCCCCCCCCCCCCCCCCCCC.CCCCCCCCCCCCCCCCCCCCCCCC.CCCCCCCCCCCCCCCCCCCCCCCC.CCCCCCCCCCCCCCCCCCCCCCCC(=O)O. The van der Waals surface area contributed by atoms with E-state index in [0.29, 0.717) is 6.42 Å². The molecule has 0 amide bonds. The van der Waals surface area contributed by atoms with Crippen molar-refractivity contribution in [2.75, 3.05) is 0 Å². The van der Waals surface area contributed by atoms with E-state index in [0.717, 1.165) is 12.8 Å². The molecule has 0 aliphatic carbocycles. The van der Waals surface area contributed by atoms with Gasteiger partial charge < -0.3 is 5.11 Å². The molecule has 0 aliphatic heterocycles. The highest BCUT2D eigenvalue weighted by molar-refractivity contribution is 5.66. The van der Waals surface area contributed by atoms with Crippen LogP contribution < -0.4 is 0 Å². The molecule has 0 saturated carbocycles. The fourth-order valence-electron chi connectivity index (χ4n) is 18.4. The Hall–Kier alpha value is -0.530. The van der Waals surface area contributed by atoms with E-state index < -0.39 is 5.97 Å². The molecule has 0 aromatic rings. The van der Waals surface area contributed by atoms with Crippen LogP contribution in [0.15, 0.2) is 0 Å². The maximum atomic E-state index is 10.4. The van der Waals surface area contributed by atoms with E-state index in [4.69, 9.17) is 5.11 Å². The molecule has 2 nitrogen and oxygen atoms in total. The Morgan fingerprint density at radius 1 is 0.0984 bits per heavy atom.